The first-order valence-corrected chi connectivity index (χ1v) is 4.85. The molecule has 0 N–H and O–H groups in total. The van der Waals surface area contributed by atoms with Crippen molar-refractivity contribution in [3.63, 3.8) is 0 Å². The highest BCUT2D eigenvalue weighted by atomic mass is 15.1. The van der Waals surface area contributed by atoms with Crippen molar-refractivity contribution in [3.8, 4) is 0 Å². The first-order valence-electron chi connectivity index (χ1n) is 4.85. The number of aromatic nitrogens is 1. The minimum Gasteiger partial charge on any atom is -0.374 e. The van der Waals surface area contributed by atoms with Gasteiger partial charge in [0.15, 0.2) is 0 Å². The zero-order valence-corrected chi connectivity index (χ0v) is 9.41. The van der Waals surface area contributed by atoms with Crippen LogP contribution in [-0.4, -0.2) is 16.9 Å². The molecule has 0 amide bonds. The summed E-state index contributed by atoms with van der Waals surface area (Å²) in [6.07, 6.45) is 3.71. The summed E-state index contributed by atoms with van der Waals surface area (Å²) < 4.78 is 0. The summed E-state index contributed by atoms with van der Waals surface area (Å²) in [6.45, 7) is 7.33. The van der Waals surface area contributed by atoms with Crippen LogP contribution in [0.25, 0.3) is 0 Å². The lowest BCUT2D eigenvalue weighted by Crippen LogP contribution is -2.16. The van der Waals surface area contributed by atoms with Gasteiger partial charge in [-0.15, -0.1) is 0 Å². The zero-order valence-electron chi connectivity index (χ0n) is 9.41. The Balaban J connectivity index is 2.67. The Hall–Kier alpha value is -1.31. The van der Waals surface area contributed by atoms with E-state index in [1.165, 1.54) is 16.8 Å². The lowest BCUT2D eigenvalue weighted by molar-refractivity contribution is 0.407. The second-order valence-corrected chi connectivity index (χ2v) is 3.80. The summed E-state index contributed by atoms with van der Waals surface area (Å²) in [7, 11) is 2.11. The van der Waals surface area contributed by atoms with E-state index in [2.05, 4.69) is 43.8 Å². The van der Waals surface area contributed by atoms with Gasteiger partial charge in [0, 0.05) is 31.7 Å². The van der Waals surface area contributed by atoms with E-state index in [4.69, 9.17) is 0 Å². The molecule has 0 unspecified atom stereocenters. The average molecular weight is 190 g/mol. The van der Waals surface area contributed by atoms with Crippen LogP contribution in [0, 0.1) is 0 Å². The topological polar surface area (TPSA) is 16.1 Å². The van der Waals surface area contributed by atoms with Crippen LogP contribution in [0.1, 0.15) is 26.3 Å². The highest BCUT2D eigenvalue weighted by Crippen LogP contribution is 2.10. The van der Waals surface area contributed by atoms with E-state index in [1.54, 1.807) is 6.20 Å². The first kappa shape index (κ1) is 10.8. The van der Waals surface area contributed by atoms with Gasteiger partial charge in [-0.1, -0.05) is 11.6 Å². The predicted molar refractivity (Wildman–Crippen MR) is 59.8 cm³/mol. The molecule has 76 valence electrons. The number of pyridine rings is 1. The Bertz CT molecular complexity index is 310. The molecule has 0 aromatic carbocycles. The largest absolute Gasteiger partial charge is 0.374 e. The molecule has 0 radical (unpaired) electrons. The molecule has 2 nitrogen and oxygen atoms in total. The number of rotatable bonds is 3. The Morgan fingerprint density at radius 1 is 1.36 bits per heavy atom. The molecule has 0 aliphatic heterocycles. The van der Waals surface area contributed by atoms with E-state index in [-0.39, 0.29) is 0 Å². The van der Waals surface area contributed by atoms with Crippen LogP contribution in [0.2, 0.25) is 0 Å². The number of nitrogens with zero attached hydrogens (tertiary/aromatic N) is 2. The molecule has 0 fully saturated rings. The molecular formula is C12H18N2. The summed E-state index contributed by atoms with van der Waals surface area (Å²) in [4.78, 5) is 6.34. The Kier molecular flexibility index (Phi) is 3.69. The van der Waals surface area contributed by atoms with Gasteiger partial charge in [-0.2, -0.15) is 0 Å². The van der Waals surface area contributed by atoms with Crippen molar-refractivity contribution in [2.45, 2.75) is 27.3 Å². The highest BCUT2D eigenvalue weighted by Gasteiger charge is 2.01. The van der Waals surface area contributed by atoms with Gasteiger partial charge in [-0.3, -0.25) is 4.98 Å². The zero-order chi connectivity index (χ0) is 10.6. The molecule has 0 bridgehead atoms. The first-order chi connectivity index (χ1) is 6.61. The van der Waals surface area contributed by atoms with Crippen molar-refractivity contribution in [1.29, 1.82) is 0 Å². The van der Waals surface area contributed by atoms with Crippen molar-refractivity contribution in [1.82, 2.24) is 9.88 Å². The maximum atomic E-state index is 4.10. The van der Waals surface area contributed by atoms with Crippen LogP contribution in [0.4, 0.5) is 0 Å². The molecule has 1 heterocycles. The van der Waals surface area contributed by atoms with Crippen LogP contribution >= 0.6 is 0 Å². The summed E-state index contributed by atoms with van der Waals surface area (Å²) >= 11 is 0. The molecule has 1 aromatic heterocycles. The molecule has 2 heteroatoms. The SMILES string of the molecule is CC(C)=C(C)N(C)Cc1cccnc1. The van der Waals surface area contributed by atoms with E-state index in [9.17, 15) is 0 Å². The normalized spacial score (nSPS) is 9.71. The van der Waals surface area contributed by atoms with Crippen LogP contribution in [0.5, 0.6) is 0 Å². The monoisotopic (exact) mass is 190 g/mol. The summed E-state index contributed by atoms with van der Waals surface area (Å²) in [5, 5.41) is 0. The second kappa shape index (κ2) is 4.80. The van der Waals surface area contributed by atoms with E-state index in [1.807, 2.05) is 12.3 Å². The van der Waals surface area contributed by atoms with Gasteiger partial charge < -0.3 is 4.90 Å². The van der Waals surface area contributed by atoms with Gasteiger partial charge >= 0.3 is 0 Å². The Morgan fingerprint density at radius 3 is 2.57 bits per heavy atom. The maximum absolute atomic E-state index is 4.10. The fourth-order valence-corrected chi connectivity index (χ4v) is 1.27. The van der Waals surface area contributed by atoms with Crippen molar-refractivity contribution >= 4 is 0 Å². The molecule has 0 aliphatic carbocycles. The average Bonchev–Trinajstić information content (AvgIpc) is 2.18. The third-order valence-corrected chi connectivity index (χ3v) is 2.44. The van der Waals surface area contributed by atoms with Gasteiger partial charge in [0.25, 0.3) is 0 Å². The third kappa shape index (κ3) is 2.87. The van der Waals surface area contributed by atoms with Crippen LogP contribution in [-0.2, 0) is 6.54 Å². The molecule has 1 aromatic rings. The lowest BCUT2D eigenvalue weighted by Gasteiger charge is -2.21. The van der Waals surface area contributed by atoms with E-state index in [0.29, 0.717) is 0 Å². The molecule has 0 aliphatic rings. The van der Waals surface area contributed by atoms with Crippen molar-refractivity contribution in [2.75, 3.05) is 7.05 Å². The summed E-state index contributed by atoms with van der Waals surface area (Å²) in [5.41, 5.74) is 3.93. The Labute approximate surface area is 86.3 Å². The quantitative estimate of drug-likeness (QED) is 0.728. The number of allylic oxidation sites excluding steroid dienone is 2. The van der Waals surface area contributed by atoms with Crippen LogP contribution in [0.3, 0.4) is 0 Å². The fraction of sp³-hybridized carbons (Fsp3) is 0.417. The molecule has 0 saturated carbocycles. The van der Waals surface area contributed by atoms with Gasteiger partial charge in [0.2, 0.25) is 0 Å². The van der Waals surface area contributed by atoms with Gasteiger partial charge in [-0.25, -0.2) is 0 Å². The van der Waals surface area contributed by atoms with Crippen molar-refractivity contribution < 1.29 is 0 Å². The molecule has 1 rings (SSSR count). The minimum atomic E-state index is 0.921. The number of hydrogen-bond donors (Lipinski definition) is 0. The fourth-order valence-electron chi connectivity index (χ4n) is 1.27. The smallest absolute Gasteiger partial charge is 0.0438 e. The third-order valence-electron chi connectivity index (χ3n) is 2.44. The van der Waals surface area contributed by atoms with Crippen LogP contribution in [0.15, 0.2) is 35.8 Å². The summed E-state index contributed by atoms with van der Waals surface area (Å²) in [6, 6.07) is 4.07. The van der Waals surface area contributed by atoms with Crippen LogP contribution < -0.4 is 0 Å². The van der Waals surface area contributed by atoms with Gasteiger partial charge in [0.05, 0.1) is 0 Å². The lowest BCUT2D eigenvalue weighted by atomic mass is 10.2. The highest BCUT2D eigenvalue weighted by molar-refractivity contribution is 5.12. The van der Waals surface area contributed by atoms with Crippen molar-refractivity contribution in [2.24, 2.45) is 0 Å². The number of hydrogen-bond acceptors (Lipinski definition) is 2. The summed E-state index contributed by atoms with van der Waals surface area (Å²) in [5.74, 6) is 0. The van der Waals surface area contributed by atoms with Gasteiger partial charge in [-0.05, 0) is 32.4 Å². The molecular weight excluding hydrogens is 172 g/mol. The maximum Gasteiger partial charge on any atom is 0.0438 e. The molecule has 0 spiro atoms. The van der Waals surface area contributed by atoms with Crippen molar-refractivity contribution in [3.05, 3.63) is 41.4 Å². The molecule has 0 atom stereocenters. The van der Waals surface area contributed by atoms with Gasteiger partial charge in [0.1, 0.15) is 0 Å². The predicted octanol–water partition coefficient (Wildman–Crippen LogP) is 2.83. The van der Waals surface area contributed by atoms with E-state index in [0.717, 1.165) is 6.54 Å². The molecule has 0 saturated heterocycles. The molecule has 14 heavy (non-hydrogen) atoms. The second-order valence-electron chi connectivity index (χ2n) is 3.80. The van der Waals surface area contributed by atoms with E-state index < -0.39 is 0 Å². The minimum absolute atomic E-state index is 0.921. The Morgan fingerprint density at radius 2 is 2.07 bits per heavy atom. The van der Waals surface area contributed by atoms with E-state index >= 15 is 0 Å². The standard InChI is InChI=1S/C12H18N2/c1-10(2)11(3)14(4)9-12-6-5-7-13-8-12/h5-8H,9H2,1-4H3.